The lowest BCUT2D eigenvalue weighted by molar-refractivity contribution is -0.0349. The molecular formula is C9H16N2O2. The number of aliphatic hydroxyl groups excluding tert-OH is 1. The van der Waals surface area contributed by atoms with Gasteiger partial charge in [-0.05, 0) is 12.8 Å². The summed E-state index contributed by atoms with van der Waals surface area (Å²) in [7, 11) is 0. The van der Waals surface area contributed by atoms with Gasteiger partial charge in [0.05, 0.1) is 25.2 Å². The van der Waals surface area contributed by atoms with E-state index in [2.05, 4.69) is 0 Å². The molecule has 1 saturated carbocycles. The van der Waals surface area contributed by atoms with Crippen LogP contribution in [0.1, 0.15) is 12.8 Å². The fourth-order valence-electron chi connectivity index (χ4n) is 1.66. The van der Waals surface area contributed by atoms with Crippen LogP contribution in [-0.2, 0) is 4.74 Å². The fourth-order valence-corrected chi connectivity index (χ4v) is 1.66. The molecule has 4 nitrogen and oxygen atoms in total. The second-order valence-electron chi connectivity index (χ2n) is 3.78. The summed E-state index contributed by atoms with van der Waals surface area (Å²) in [5.41, 5.74) is 0. The van der Waals surface area contributed by atoms with Gasteiger partial charge in [0, 0.05) is 19.0 Å². The van der Waals surface area contributed by atoms with E-state index < -0.39 is 0 Å². The number of amidine groups is 1. The zero-order chi connectivity index (χ0) is 9.26. The first-order valence-electron chi connectivity index (χ1n) is 4.87. The smallest absolute Gasteiger partial charge is 0.0991 e. The molecule has 74 valence electrons. The van der Waals surface area contributed by atoms with Crippen LogP contribution < -0.4 is 0 Å². The van der Waals surface area contributed by atoms with E-state index in [1.807, 2.05) is 4.90 Å². The number of rotatable bonds is 2. The summed E-state index contributed by atoms with van der Waals surface area (Å²) < 4.78 is 5.32. The predicted molar refractivity (Wildman–Crippen MR) is 48.8 cm³/mol. The Morgan fingerprint density at radius 3 is 2.92 bits per heavy atom. The van der Waals surface area contributed by atoms with Crippen LogP contribution in [0, 0.1) is 11.3 Å². The van der Waals surface area contributed by atoms with Gasteiger partial charge in [0.25, 0.3) is 0 Å². The van der Waals surface area contributed by atoms with Crippen molar-refractivity contribution < 1.29 is 9.84 Å². The Morgan fingerprint density at radius 2 is 2.31 bits per heavy atom. The Hall–Kier alpha value is -0.610. The maximum absolute atomic E-state index is 8.92. The molecule has 0 amide bonds. The van der Waals surface area contributed by atoms with Crippen molar-refractivity contribution in [2.45, 2.75) is 18.9 Å². The van der Waals surface area contributed by atoms with Gasteiger partial charge in [-0.3, -0.25) is 5.41 Å². The summed E-state index contributed by atoms with van der Waals surface area (Å²) in [6, 6.07) is 0. The molecule has 0 aromatic heterocycles. The number of ether oxygens (including phenoxy) is 1. The Morgan fingerprint density at radius 1 is 1.54 bits per heavy atom. The molecule has 0 aromatic rings. The number of morpholine rings is 1. The van der Waals surface area contributed by atoms with Crippen molar-refractivity contribution in [2.24, 2.45) is 5.92 Å². The van der Waals surface area contributed by atoms with Crippen LogP contribution >= 0.6 is 0 Å². The molecule has 4 heteroatoms. The van der Waals surface area contributed by atoms with Crippen LogP contribution in [0.2, 0.25) is 0 Å². The quantitative estimate of drug-likeness (QED) is 0.471. The molecule has 1 heterocycles. The summed E-state index contributed by atoms with van der Waals surface area (Å²) in [6.45, 7) is 2.20. The highest BCUT2D eigenvalue weighted by atomic mass is 16.5. The summed E-state index contributed by atoms with van der Waals surface area (Å²) in [5.74, 6) is 1.25. The number of hydrogen-bond donors (Lipinski definition) is 2. The van der Waals surface area contributed by atoms with Gasteiger partial charge in [-0.25, -0.2) is 0 Å². The molecule has 1 aliphatic carbocycles. The second kappa shape index (κ2) is 3.64. The van der Waals surface area contributed by atoms with Crippen LogP contribution in [-0.4, -0.2) is 48.2 Å². The van der Waals surface area contributed by atoms with Crippen molar-refractivity contribution in [3.8, 4) is 0 Å². The van der Waals surface area contributed by atoms with Gasteiger partial charge in [0.2, 0.25) is 0 Å². The van der Waals surface area contributed by atoms with Crippen LogP contribution in [0.3, 0.4) is 0 Å². The van der Waals surface area contributed by atoms with Gasteiger partial charge >= 0.3 is 0 Å². The highest BCUT2D eigenvalue weighted by molar-refractivity contribution is 5.83. The highest BCUT2D eigenvalue weighted by Gasteiger charge is 2.32. The summed E-state index contributed by atoms with van der Waals surface area (Å²) in [6.07, 6.45) is 2.24. The summed E-state index contributed by atoms with van der Waals surface area (Å²) in [5, 5.41) is 16.8. The highest BCUT2D eigenvalue weighted by Crippen LogP contribution is 2.31. The lowest BCUT2D eigenvalue weighted by Gasteiger charge is -2.33. The van der Waals surface area contributed by atoms with Crippen molar-refractivity contribution in [1.29, 1.82) is 5.41 Å². The maximum Gasteiger partial charge on any atom is 0.0991 e. The predicted octanol–water partition coefficient (Wildman–Crippen LogP) is 0.0668. The fraction of sp³-hybridized carbons (Fsp3) is 0.889. The maximum atomic E-state index is 8.92. The van der Waals surface area contributed by atoms with Crippen LogP contribution in [0.25, 0.3) is 0 Å². The molecule has 1 atom stereocenters. The van der Waals surface area contributed by atoms with Gasteiger partial charge < -0.3 is 14.7 Å². The van der Waals surface area contributed by atoms with Crippen molar-refractivity contribution in [2.75, 3.05) is 26.3 Å². The molecule has 2 N–H and O–H groups in total. The molecule has 0 radical (unpaired) electrons. The Bertz CT molecular complexity index is 204. The molecule has 0 bridgehead atoms. The minimum Gasteiger partial charge on any atom is -0.394 e. The zero-order valence-corrected chi connectivity index (χ0v) is 7.70. The van der Waals surface area contributed by atoms with E-state index >= 15 is 0 Å². The zero-order valence-electron chi connectivity index (χ0n) is 7.70. The first-order valence-corrected chi connectivity index (χ1v) is 4.87. The Labute approximate surface area is 78.0 Å². The third-order valence-electron chi connectivity index (χ3n) is 2.65. The molecule has 0 aromatic carbocycles. The van der Waals surface area contributed by atoms with Gasteiger partial charge in [-0.2, -0.15) is 0 Å². The minimum atomic E-state index is -0.0900. The van der Waals surface area contributed by atoms with E-state index in [-0.39, 0.29) is 12.7 Å². The average Bonchev–Trinajstić information content (AvgIpc) is 3.00. The SMILES string of the molecule is N=C(C1CC1)N1CCOC(CO)C1. The molecule has 1 saturated heterocycles. The number of nitrogens with zero attached hydrogens (tertiary/aromatic N) is 1. The lowest BCUT2D eigenvalue weighted by atomic mass is 10.2. The third kappa shape index (κ3) is 2.00. The van der Waals surface area contributed by atoms with Crippen molar-refractivity contribution in [3.05, 3.63) is 0 Å². The van der Waals surface area contributed by atoms with E-state index in [9.17, 15) is 0 Å². The molecule has 2 fully saturated rings. The van der Waals surface area contributed by atoms with Crippen molar-refractivity contribution >= 4 is 5.84 Å². The van der Waals surface area contributed by atoms with E-state index in [0.29, 0.717) is 19.1 Å². The van der Waals surface area contributed by atoms with Crippen LogP contribution in [0.4, 0.5) is 0 Å². The third-order valence-corrected chi connectivity index (χ3v) is 2.65. The molecule has 0 spiro atoms. The summed E-state index contributed by atoms with van der Waals surface area (Å²) >= 11 is 0. The molecule has 2 rings (SSSR count). The Kier molecular flexibility index (Phi) is 2.51. The second-order valence-corrected chi connectivity index (χ2v) is 3.78. The van der Waals surface area contributed by atoms with Crippen LogP contribution in [0.15, 0.2) is 0 Å². The Balaban J connectivity index is 1.87. The molecule has 2 aliphatic rings. The molecule has 13 heavy (non-hydrogen) atoms. The minimum absolute atomic E-state index is 0.0639. The van der Waals surface area contributed by atoms with E-state index in [1.165, 1.54) is 12.8 Å². The average molecular weight is 184 g/mol. The van der Waals surface area contributed by atoms with Gasteiger partial charge in [-0.15, -0.1) is 0 Å². The number of nitrogens with one attached hydrogen (secondary N) is 1. The first-order chi connectivity index (χ1) is 6.31. The number of aliphatic hydroxyl groups is 1. The molecule has 1 unspecified atom stereocenters. The van der Waals surface area contributed by atoms with Crippen molar-refractivity contribution in [1.82, 2.24) is 4.90 Å². The monoisotopic (exact) mass is 184 g/mol. The van der Waals surface area contributed by atoms with E-state index in [1.54, 1.807) is 0 Å². The standard InChI is InChI=1S/C9H16N2O2/c10-9(7-1-2-7)11-3-4-13-8(5-11)6-12/h7-8,10,12H,1-6H2. The largest absolute Gasteiger partial charge is 0.394 e. The van der Waals surface area contributed by atoms with Crippen molar-refractivity contribution in [3.63, 3.8) is 0 Å². The van der Waals surface area contributed by atoms with Crippen LogP contribution in [0.5, 0.6) is 0 Å². The van der Waals surface area contributed by atoms with E-state index in [4.69, 9.17) is 15.3 Å². The summed E-state index contributed by atoms with van der Waals surface area (Å²) in [4.78, 5) is 2.04. The topological polar surface area (TPSA) is 56.6 Å². The lowest BCUT2D eigenvalue weighted by Crippen LogP contribution is -2.47. The molecular weight excluding hydrogens is 168 g/mol. The van der Waals surface area contributed by atoms with Gasteiger partial charge in [0.15, 0.2) is 0 Å². The molecule has 1 aliphatic heterocycles. The van der Waals surface area contributed by atoms with Gasteiger partial charge in [0.1, 0.15) is 0 Å². The number of hydrogen-bond acceptors (Lipinski definition) is 3. The van der Waals surface area contributed by atoms with E-state index in [0.717, 1.165) is 12.4 Å². The normalized spacial score (nSPS) is 29.0. The van der Waals surface area contributed by atoms with Gasteiger partial charge in [-0.1, -0.05) is 0 Å². The first kappa shape index (κ1) is 8.97.